The zero-order valence-corrected chi connectivity index (χ0v) is 10.8. The third kappa shape index (κ3) is 2.46. The molecule has 2 unspecified atom stereocenters. The van der Waals surface area contributed by atoms with Crippen LogP contribution in [0.25, 0.3) is 5.57 Å². The van der Waals surface area contributed by atoms with E-state index < -0.39 is 17.6 Å². The second kappa shape index (κ2) is 4.88. The smallest absolute Gasteiger partial charge is 0.307 e. The Morgan fingerprint density at radius 3 is 2.65 bits per heavy atom. The summed E-state index contributed by atoms with van der Waals surface area (Å²) in [6.07, 6.45) is 0.887. The van der Waals surface area contributed by atoms with Gasteiger partial charge in [0.1, 0.15) is 5.82 Å². The lowest BCUT2D eigenvalue weighted by Gasteiger charge is -2.35. The second-order valence-electron chi connectivity index (χ2n) is 5.46. The number of hydrogen-bond donors (Lipinski definition) is 1. The lowest BCUT2D eigenvalue weighted by molar-refractivity contribution is -0.140. The van der Waals surface area contributed by atoms with Gasteiger partial charge in [-0.15, -0.1) is 0 Å². The predicted molar refractivity (Wildman–Crippen MR) is 68.6 cm³/mol. The molecule has 0 aromatic heterocycles. The lowest BCUT2D eigenvalue weighted by atomic mass is 9.84. The normalized spacial score (nSPS) is 26.3. The molecule has 2 bridgehead atoms. The fourth-order valence-corrected chi connectivity index (χ4v) is 3.12. The molecule has 108 valence electrons. The average Bonchev–Trinajstić information content (AvgIpc) is 2.37. The van der Waals surface area contributed by atoms with E-state index in [2.05, 4.69) is 5.32 Å². The number of halogens is 4. The van der Waals surface area contributed by atoms with Crippen LogP contribution < -0.4 is 5.32 Å². The van der Waals surface area contributed by atoms with Gasteiger partial charge in [-0.1, -0.05) is 24.6 Å². The third-order valence-corrected chi connectivity index (χ3v) is 4.04. The number of rotatable bonds is 1. The number of benzene rings is 1. The monoisotopic (exact) mass is 285 g/mol. The van der Waals surface area contributed by atoms with Crippen LogP contribution in [0.1, 0.15) is 36.8 Å². The molecule has 2 aliphatic rings. The van der Waals surface area contributed by atoms with Gasteiger partial charge in [0, 0.05) is 17.6 Å². The zero-order chi connectivity index (χ0) is 14.3. The van der Waals surface area contributed by atoms with Crippen LogP contribution >= 0.6 is 0 Å². The fourth-order valence-electron chi connectivity index (χ4n) is 3.12. The highest BCUT2D eigenvalue weighted by Gasteiger charge is 2.36. The quantitative estimate of drug-likeness (QED) is 0.765. The second-order valence-corrected chi connectivity index (χ2v) is 5.46. The molecular weight excluding hydrogens is 270 g/mol. The summed E-state index contributed by atoms with van der Waals surface area (Å²) in [5.74, 6) is -1.15. The van der Waals surface area contributed by atoms with Crippen molar-refractivity contribution in [2.75, 3.05) is 0 Å². The van der Waals surface area contributed by atoms with E-state index in [1.165, 1.54) is 12.1 Å². The van der Waals surface area contributed by atoms with Crippen molar-refractivity contribution in [3.63, 3.8) is 0 Å². The highest BCUT2D eigenvalue weighted by Crippen LogP contribution is 2.37. The summed E-state index contributed by atoms with van der Waals surface area (Å²) >= 11 is 0. The Labute approximate surface area is 114 Å². The molecular formula is C15H15F4N. The fraction of sp³-hybridized carbons (Fsp3) is 0.467. The van der Waals surface area contributed by atoms with E-state index in [0.717, 1.165) is 25.3 Å². The van der Waals surface area contributed by atoms with E-state index in [9.17, 15) is 17.6 Å². The minimum Gasteiger partial charge on any atom is -0.307 e. The molecule has 1 aromatic rings. The Morgan fingerprint density at radius 1 is 1.15 bits per heavy atom. The van der Waals surface area contributed by atoms with Crippen LogP contribution in [0, 0.1) is 5.82 Å². The van der Waals surface area contributed by atoms with E-state index >= 15 is 0 Å². The van der Waals surface area contributed by atoms with E-state index in [-0.39, 0.29) is 17.6 Å². The van der Waals surface area contributed by atoms with E-state index in [1.807, 2.05) is 6.08 Å². The molecule has 1 fully saturated rings. The first-order chi connectivity index (χ1) is 9.45. The first-order valence-corrected chi connectivity index (χ1v) is 6.78. The van der Waals surface area contributed by atoms with Gasteiger partial charge in [-0.25, -0.2) is 4.39 Å². The summed E-state index contributed by atoms with van der Waals surface area (Å²) in [6.45, 7) is 0. The molecule has 0 radical (unpaired) electrons. The number of alkyl halides is 3. The van der Waals surface area contributed by atoms with Gasteiger partial charge in [-0.3, -0.25) is 0 Å². The molecule has 1 saturated heterocycles. The van der Waals surface area contributed by atoms with Crippen molar-refractivity contribution in [2.24, 2.45) is 0 Å². The van der Waals surface area contributed by atoms with Gasteiger partial charge in [0.05, 0.1) is 5.56 Å². The molecule has 2 atom stereocenters. The summed E-state index contributed by atoms with van der Waals surface area (Å²) in [6, 6.07) is 3.92. The molecule has 1 N–H and O–H groups in total. The molecule has 1 nitrogen and oxygen atoms in total. The standard InChI is InChI=1S/C15H15F4N/c16-14-12(5-2-6-13(14)15(17,18)19)9-7-10-3-1-4-11(8-9)20-10/h2,5-7,10-11,20H,1,3-4,8H2. The topological polar surface area (TPSA) is 12.0 Å². The third-order valence-electron chi connectivity index (χ3n) is 4.04. The Morgan fingerprint density at radius 2 is 1.95 bits per heavy atom. The first-order valence-electron chi connectivity index (χ1n) is 6.78. The predicted octanol–water partition coefficient (Wildman–Crippen LogP) is 4.14. The number of nitrogens with one attached hydrogen (secondary N) is 1. The maximum atomic E-state index is 14.1. The van der Waals surface area contributed by atoms with Gasteiger partial charge >= 0.3 is 6.18 Å². The molecule has 3 rings (SSSR count). The van der Waals surface area contributed by atoms with Crippen molar-refractivity contribution in [1.82, 2.24) is 5.32 Å². The molecule has 0 saturated carbocycles. The Kier molecular flexibility index (Phi) is 3.32. The summed E-state index contributed by atoms with van der Waals surface area (Å²) in [5.41, 5.74) is -0.389. The van der Waals surface area contributed by atoms with Gasteiger partial charge in [-0.05, 0) is 30.9 Å². The van der Waals surface area contributed by atoms with E-state index in [1.54, 1.807) is 0 Å². The number of piperidine rings is 1. The minimum atomic E-state index is -4.65. The van der Waals surface area contributed by atoms with Crippen molar-refractivity contribution in [1.29, 1.82) is 0 Å². The minimum absolute atomic E-state index is 0.0956. The lowest BCUT2D eigenvalue weighted by Crippen LogP contribution is -2.44. The molecule has 2 aliphatic heterocycles. The van der Waals surface area contributed by atoms with Crippen LogP contribution in [0.4, 0.5) is 17.6 Å². The molecule has 5 heteroatoms. The van der Waals surface area contributed by atoms with Crippen LogP contribution in [-0.2, 0) is 6.18 Å². The van der Waals surface area contributed by atoms with Gasteiger partial charge < -0.3 is 5.32 Å². The van der Waals surface area contributed by atoms with Gasteiger partial charge in [0.25, 0.3) is 0 Å². The van der Waals surface area contributed by atoms with Crippen molar-refractivity contribution < 1.29 is 17.6 Å². The first kappa shape index (κ1) is 13.6. The van der Waals surface area contributed by atoms with Gasteiger partial charge in [0.15, 0.2) is 0 Å². The SMILES string of the molecule is Fc1c(C2=CC3CCCC(C2)N3)cccc1C(F)(F)F. The molecule has 20 heavy (non-hydrogen) atoms. The van der Waals surface area contributed by atoms with Crippen LogP contribution in [0.15, 0.2) is 24.3 Å². The van der Waals surface area contributed by atoms with Crippen molar-refractivity contribution in [3.05, 3.63) is 41.2 Å². The zero-order valence-electron chi connectivity index (χ0n) is 10.8. The molecule has 1 aromatic carbocycles. The molecule has 0 spiro atoms. The summed E-state index contributed by atoms with van der Waals surface area (Å²) in [5, 5.41) is 3.40. The van der Waals surface area contributed by atoms with Crippen molar-refractivity contribution >= 4 is 5.57 Å². The Bertz CT molecular complexity index is 547. The summed E-state index contributed by atoms with van der Waals surface area (Å²) < 4.78 is 52.4. The Hall–Kier alpha value is -1.36. The maximum absolute atomic E-state index is 14.1. The molecule has 2 heterocycles. The van der Waals surface area contributed by atoms with Gasteiger partial charge in [0.2, 0.25) is 0 Å². The van der Waals surface area contributed by atoms with Crippen LogP contribution in [-0.4, -0.2) is 12.1 Å². The van der Waals surface area contributed by atoms with Crippen molar-refractivity contribution in [3.8, 4) is 0 Å². The largest absolute Gasteiger partial charge is 0.419 e. The molecule has 0 aliphatic carbocycles. The van der Waals surface area contributed by atoms with Gasteiger partial charge in [-0.2, -0.15) is 13.2 Å². The van der Waals surface area contributed by atoms with E-state index in [4.69, 9.17) is 0 Å². The Balaban J connectivity index is 2.01. The number of hydrogen-bond acceptors (Lipinski definition) is 1. The maximum Gasteiger partial charge on any atom is 0.419 e. The van der Waals surface area contributed by atoms with Crippen LogP contribution in [0.3, 0.4) is 0 Å². The highest BCUT2D eigenvalue weighted by atomic mass is 19.4. The summed E-state index contributed by atoms with van der Waals surface area (Å²) in [7, 11) is 0. The molecule has 0 amide bonds. The average molecular weight is 285 g/mol. The summed E-state index contributed by atoms with van der Waals surface area (Å²) in [4.78, 5) is 0. The van der Waals surface area contributed by atoms with Crippen LogP contribution in [0.2, 0.25) is 0 Å². The van der Waals surface area contributed by atoms with Crippen LogP contribution in [0.5, 0.6) is 0 Å². The number of fused-ring (bicyclic) bond motifs is 2. The highest BCUT2D eigenvalue weighted by molar-refractivity contribution is 5.69. The van der Waals surface area contributed by atoms with Crippen molar-refractivity contribution in [2.45, 2.75) is 43.9 Å². The van der Waals surface area contributed by atoms with E-state index in [0.29, 0.717) is 12.0 Å².